The highest BCUT2D eigenvalue weighted by atomic mass is 16.7. The largest absolute Gasteiger partial charge is 0.394 e. The fourth-order valence-corrected chi connectivity index (χ4v) is 4.53. The lowest BCUT2D eigenvalue weighted by molar-refractivity contribution is -0.337. The number of rotatable bonds is 18. The van der Waals surface area contributed by atoms with Crippen LogP contribution in [0.1, 0.15) is 26.7 Å². The van der Waals surface area contributed by atoms with Crippen molar-refractivity contribution in [3.05, 3.63) is 0 Å². The van der Waals surface area contributed by atoms with Crippen molar-refractivity contribution in [1.29, 1.82) is 0 Å². The predicted octanol–water partition coefficient (Wildman–Crippen LogP) is -5.71. The highest BCUT2D eigenvalue weighted by Crippen LogP contribution is 2.29. The van der Waals surface area contributed by atoms with Gasteiger partial charge >= 0.3 is 0 Å². The van der Waals surface area contributed by atoms with Crippen LogP contribution >= 0.6 is 0 Å². The summed E-state index contributed by atoms with van der Waals surface area (Å²) in [6.07, 6.45) is -19.8. The molecule has 2 saturated heterocycles. The van der Waals surface area contributed by atoms with E-state index in [2.05, 4.69) is 0 Å². The summed E-state index contributed by atoms with van der Waals surface area (Å²) in [6.45, 7) is 0.328. The Hall–Kier alpha value is -0.680. The third-order valence-corrected chi connectivity index (χ3v) is 7.25. The van der Waals surface area contributed by atoms with Gasteiger partial charge in [-0.3, -0.25) is 0 Å². The normalized spacial score (nSPS) is 35.6. The van der Waals surface area contributed by atoms with E-state index in [-0.39, 0.29) is 19.4 Å². The summed E-state index contributed by atoms with van der Waals surface area (Å²) in [5.74, 6) is 0. The van der Waals surface area contributed by atoms with Gasteiger partial charge in [0, 0.05) is 6.61 Å². The van der Waals surface area contributed by atoms with Crippen molar-refractivity contribution in [3.8, 4) is 0 Å². The highest BCUT2D eigenvalue weighted by Gasteiger charge is 2.47. The Bertz CT molecular complexity index is 735. The molecular weight excluding hydrogens is 572 g/mol. The van der Waals surface area contributed by atoms with Crippen LogP contribution in [-0.4, -0.2) is 188 Å². The van der Waals surface area contributed by atoms with Gasteiger partial charge in [0.15, 0.2) is 12.6 Å². The third kappa shape index (κ3) is 10.2. The van der Waals surface area contributed by atoms with Crippen molar-refractivity contribution in [3.63, 3.8) is 0 Å². The van der Waals surface area contributed by atoms with Crippen LogP contribution < -0.4 is 0 Å². The lowest BCUT2D eigenvalue weighted by atomic mass is 9.98. The smallest absolute Gasteiger partial charge is 0.187 e. The molecule has 11 N–H and O–H groups in total. The Morgan fingerprint density at radius 2 is 1.48 bits per heavy atom. The highest BCUT2D eigenvalue weighted by molar-refractivity contribution is 4.90. The molecule has 0 aliphatic carbocycles. The van der Waals surface area contributed by atoms with Gasteiger partial charge in [-0.15, -0.1) is 0 Å². The van der Waals surface area contributed by atoms with Crippen LogP contribution in [0.25, 0.3) is 0 Å². The van der Waals surface area contributed by atoms with Crippen molar-refractivity contribution in [2.45, 2.75) is 119 Å². The molecule has 15 unspecified atom stereocenters. The maximum Gasteiger partial charge on any atom is 0.187 e. The minimum atomic E-state index is -1.86. The molecule has 0 spiro atoms. The number of ether oxygens (including phenoxy) is 6. The minimum absolute atomic E-state index is 0.168. The molecule has 2 heterocycles. The molecule has 2 aliphatic heterocycles. The Balaban J connectivity index is 2.05. The maximum absolute atomic E-state index is 10.4. The summed E-state index contributed by atoms with van der Waals surface area (Å²) >= 11 is 0. The van der Waals surface area contributed by atoms with Crippen LogP contribution in [-0.2, 0) is 28.4 Å². The Labute approximate surface area is 243 Å². The minimum Gasteiger partial charge on any atom is -0.394 e. The van der Waals surface area contributed by atoms with E-state index in [1.807, 2.05) is 0 Å². The first-order valence-electron chi connectivity index (χ1n) is 14.0. The van der Waals surface area contributed by atoms with Gasteiger partial charge < -0.3 is 84.6 Å². The van der Waals surface area contributed by atoms with Crippen LogP contribution in [0.3, 0.4) is 0 Å². The van der Waals surface area contributed by atoms with E-state index in [0.29, 0.717) is 0 Å². The summed E-state index contributed by atoms with van der Waals surface area (Å²) in [7, 11) is 0. The van der Waals surface area contributed by atoms with Gasteiger partial charge in [0.2, 0.25) is 0 Å². The second-order valence-corrected chi connectivity index (χ2v) is 10.4. The molecule has 0 saturated carbocycles. The first kappa shape index (κ1) is 37.5. The maximum atomic E-state index is 10.4. The van der Waals surface area contributed by atoms with E-state index in [9.17, 15) is 51.1 Å². The van der Waals surface area contributed by atoms with E-state index in [1.165, 1.54) is 6.92 Å². The molecule has 0 amide bonds. The molecule has 250 valence electrons. The van der Waals surface area contributed by atoms with Crippen molar-refractivity contribution >= 4 is 0 Å². The average Bonchev–Trinajstić information content (AvgIpc) is 3.00. The van der Waals surface area contributed by atoms with Crippen LogP contribution in [0.5, 0.6) is 0 Å². The Morgan fingerprint density at radius 3 is 2.07 bits per heavy atom. The zero-order valence-electron chi connectivity index (χ0n) is 23.7. The van der Waals surface area contributed by atoms with Crippen molar-refractivity contribution < 1.29 is 84.6 Å². The van der Waals surface area contributed by atoms with Crippen molar-refractivity contribution in [1.82, 2.24) is 0 Å². The lowest BCUT2D eigenvalue weighted by Crippen LogP contribution is -2.60. The zero-order valence-corrected chi connectivity index (χ0v) is 23.7. The van der Waals surface area contributed by atoms with Crippen LogP contribution in [0.2, 0.25) is 0 Å². The summed E-state index contributed by atoms with van der Waals surface area (Å²) in [5, 5.41) is 108. The van der Waals surface area contributed by atoms with Crippen molar-refractivity contribution in [2.24, 2.45) is 0 Å². The number of hydrogen-bond donors (Lipinski definition) is 11. The van der Waals surface area contributed by atoms with Crippen LogP contribution in [0, 0.1) is 0 Å². The standard InChI is InChI=1S/C25H48O17/c1-3-18(41-17(12(29)6-26)10-37-9-14(31)21(34)20(33)13(30)7-27)40-15-4-5-38-16(8-28)24(15)42-25-23(36)22(35)19(32)11(2)39-25/h11-36H,3-10H2,1-2H3. The molecule has 2 fully saturated rings. The van der Waals surface area contributed by atoms with Crippen LogP contribution in [0.15, 0.2) is 0 Å². The molecule has 2 rings (SSSR count). The Kier molecular flexibility index (Phi) is 16.4. The number of aliphatic hydroxyl groups excluding tert-OH is 11. The lowest BCUT2D eigenvalue weighted by Gasteiger charge is -2.44. The molecule has 17 nitrogen and oxygen atoms in total. The van der Waals surface area contributed by atoms with E-state index in [0.717, 1.165) is 0 Å². The molecular formula is C25H48O17. The third-order valence-electron chi connectivity index (χ3n) is 7.25. The monoisotopic (exact) mass is 620 g/mol. The molecule has 0 radical (unpaired) electrons. The predicted molar refractivity (Wildman–Crippen MR) is 138 cm³/mol. The SMILES string of the molecule is CCC(OC(COCC(O)C(O)C(O)C(O)CO)C(O)CO)OC1CCOC(CO)C1OC1OC(C)C(O)C(O)C1O. The first-order chi connectivity index (χ1) is 19.9. The molecule has 0 aromatic carbocycles. The second kappa shape index (κ2) is 18.3. The van der Waals surface area contributed by atoms with Gasteiger partial charge in [-0.25, -0.2) is 0 Å². The summed E-state index contributed by atoms with van der Waals surface area (Å²) in [4.78, 5) is 0. The average molecular weight is 621 g/mol. The first-order valence-corrected chi connectivity index (χ1v) is 14.0. The zero-order chi connectivity index (χ0) is 31.6. The van der Waals surface area contributed by atoms with Crippen molar-refractivity contribution in [2.75, 3.05) is 39.6 Å². The summed E-state index contributed by atoms with van der Waals surface area (Å²) in [5.41, 5.74) is 0. The molecule has 42 heavy (non-hydrogen) atoms. The fraction of sp³-hybridized carbons (Fsp3) is 1.00. The van der Waals surface area contributed by atoms with E-state index in [4.69, 9.17) is 33.5 Å². The molecule has 0 aromatic heterocycles. The quantitative estimate of drug-likeness (QED) is 0.0637. The summed E-state index contributed by atoms with van der Waals surface area (Å²) < 4.78 is 34.2. The van der Waals surface area contributed by atoms with Gasteiger partial charge in [-0.2, -0.15) is 0 Å². The molecule has 15 atom stereocenters. The number of aliphatic hydroxyl groups is 11. The molecule has 17 heteroatoms. The molecule has 2 aliphatic rings. The van der Waals surface area contributed by atoms with Gasteiger partial charge in [0.05, 0.1) is 45.2 Å². The van der Waals surface area contributed by atoms with Gasteiger partial charge in [-0.1, -0.05) is 6.92 Å². The van der Waals surface area contributed by atoms with Gasteiger partial charge in [-0.05, 0) is 19.8 Å². The number of hydrogen-bond acceptors (Lipinski definition) is 17. The molecule has 0 bridgehead atoms. The van der Waals surface area contributed by atoms with E-state index in [1.54, 1.807) is 6.92 Å². The fourth-order valence-electron chi connectivity index (χ4n) is 4.53. The van der Waals surface area contributed by atoms with E-state index >= 15 is 0 Å². The topological polar surface area (TPSA) is 278 Å². The second-order valence-electron chi connectivity index (χ2n) is 10.4. The van der Waals surface area contributed by atoms with Crippen LogP contribution in [0.4, 0.5) is 0 Å². The summed E-state index contributed by atoms with van der Waals surface area (Å²) in [6, 6.07) is 0. The van der Waals surface area contributed by atoms with Gasteiger partial charge in [0.25, 0.3) is 0 Å². The Morgan fingerprint density at radius 1 is 0.833 bits per heavy atom. The molecule has 0 aromatic rings. The van der Waals surface area contributed by atoms with E-state index < -0.39 is 125 Å². The van der Waals surface area contributed by atoms with Gasteiger partial charge in [0.1, 0.15) is 67.1 Å².